The van der Waals surface area contributed by atoms with E-state index in [1.54, 1.807) is 26.8 Å². The van der Waals surface area contributed by atoms with Crippen LogP contribution < -0.4 is 11.1 Å². The summed E-state index contributed by atoms with van der Waals surface area (Å²) >= 11 is 3.27. The van der Waals surface area contributed by atoms with Crippen molar-refractivity contribution in [2.75, 3.05) is 5.32 Å². The summed E-state index contributed by atoms with van der Waals surface area (Å²) in [5, 5.41) is 13.5. The van der Waals surface area contributed by atoms with Crippen molar-refractivity contribution in [2.24, 2.45) is 5.73 Å². The molecule has 0 bridgehead atoms. The van der Waals surface area contributed by atoms with E-state index in [1.807, 2.05) is 0 Å². The van der Waals surface area contributed by atoms with Gasteiger partial charge >= 0.3 is 0 Å². The Morgan fingerprint density at radius 3 is 2.58 bits per heavy atom. The van der Waals surface area contributed by atoms with Gasteiger partial charge in [-0.3, -0.25) is 14.9 Å². The van der Waals surface area contributed by atoms with E-state index in [0.717, 1.165) is 0 Å². The van der Waals surface area contributed by atoms with E-state index in [4.69, 9.17) is 5.73 Å². The lowest BCUT2D eigenvalue weighted by Crippen LogP contribution is -2.36. The molecule has 1 aromatic rings. The lowest BCUT2D eigenvalue weighted by atomic mass is 10.0. The average molecular weight is 330 g/mol. The third kappa shape index (κ3) is 4.60. The Hall–Kier alpha value is -1.47. The van der Waals surface area contributed by atoms with Crippen LogP contribution in [0.15, 0.2) is 16.6 Å². The fraction of sp³-hybridized carbons (Fsp3) is 0.417. The highest BCUT2D eigenvalue weighted by molar-refractivity contribution is 9.10. The molecule has 1 amide bonds. The normalized spacial score (nSPS) is 11.2. The number of carbonyl (C=O) groups is 1. The Kier molecular flexibility index (Phi) is 4.65. The van der Waals surface area contributed by atoms with E-state index in [-0.39, 0.29) is 18.0 Å². The van der Waals surface area contributed by atoms with Crippen LogP contribution in [0.5, 0.6) is 0 Å². The van der Waals surface area contributed by atoms with Crippen LogP contribution in [0.3, 0.4) is 0 Å². The van der Waals surface area contributed by atoms with Crippen molar-refractivity contribution in [1.29, 1.82) is 0 Å². The summed E-state index contributed by atoms with van der Waals surface area (Å²) in [6.07, 6.45) is 0.126. The summed E-state index contributed by atoms with van der Waals surface area (Å²) in [5.41, 5.74) is 5.97. The molecule has 6 nitrogen and oxygen atoms in total. The van der Waals surface area contributed by atoms with Crippen molar-refractivity contribution in [2.45, 2.75) is 32.7 Å². The van der Waals surface area contributed by atoms with Gasteiger partial charge in [0.25, 0.3) is 5.69 Å². The minimum Gasteiger partial charge on any atom is -0.325 e. The van der Waals surface area contributed by atoms with Crippen LogP contribution >= 0.6 is 15.9 Å². The zero-order valence-corrected chi connectivity index (χ0v) is 12.6. The van der Waals surface area contributed by atoms with Crippen LogP contribution in [-0.2, 0) is 4.79 Å². The summed E-state index contributed by atoms with van der Waals surface area (Å²) in [5.74, 6) is -0.286. The number of nitro groups is 1. The number of amides is 1. The molecule has 0 fully saturated rings. The number of hydrogen-bond acceptors (Lipinski definition) is 4. The number of carbonyl (C=O) groups excluding carboxylic acids is 1. The van der Waals surface area contributed by atoms with Crippen molar-refractivity contribution < 1.29 is 9.72 Å². The average Bonchev–Trinajstić information content (AvgIpc) is 2.18. The predicted molar refractivity (Wildman–Crippen MR) is 77.0 cm³/mol. The maximum atomic E-state index is 11.8. The van der Waals surface area contributed by atoms with E-state index in [1.165, 1.54) is 6.07 Å². The number of nitrogens with one attached hydrogen (secondary N) is 1. The van der Waals surface area contributed by atoms with Gasteiger partial charge in [-0.2, -0.15) is 0 Å². The van der Waals surface area contributed by atoms with Gasteiger partial charge in [-0.05, 0) is 42.8 Å². The van der Waals surface area contributed by atoms with E-state index in [0.29, 0.717) is 15.7 Å². The number of halogens is 1. The Balaban J connectivity index is 2.99. The molecule has 0 aliphatic carbocycles. The Morgan fingerprint density at radius 2 is 2.11 bits per heavy atom. The molecule has 0 atom stereocenters. The highest BCUT2D eigenvalue weighted by atomic mass is 79.9. The van der Waals surface area contributed by atoms with E-state index < -0.39 is 10.5 Å². The van der Waals surface area contributed by atoms with Crippen molar-refractivity contribution >= 4 is 33.2 Å². The lowest BCUT2D eigenvalue weighted by molar-refractivity contribution is -0.385. The molecule has 7 heteroatoms. The number of nitro benzene ring substituents is 1. The molecule has 0 radical (unpaired) electrons. The molecule has 1 aromatic carbocycles. The first-order valence-corrected chi connectivity index (χ1v) is 6.43. The van der Waals surface area contributed by atoms with Gasteiger partial charge in [-0.15, -0.1) is 0 Å². The van der Waals surface area contributed by atoms with Crippen LogP contribution in [0, 0.1) is 17.0 Å². The fourth-order valence-corrected chi connectivity index (χ4v) is 2.12. The lowest BCUT2D eigenvalue weighted by Gasteiger charge is -2.18. The molecular weight excluding hydrogens is 314 g/mol. The van der Waals surface area contributed by atoms with Crippen LogP contribution in [0.2, 0.25) is 0 Å². The van der Waals surface area contributed by atoms with Gasteiger partial charge in [0.1, 0.15) is 0 Å². The molecule has 0 spiro atoms. The van der Waals surface area contributed by atoms with Gasteiger partial charge in [-0.1, -0.05) is 0 Å². The van der Waals surface area contributed by atoms with Crippen molar-refractivity contribution in [3.63, 3.8) is 0 Å². The maximum absolute atomic E-state index is 11.8. The fourth-order valence-electron chi connectivity index (χ4n) is 1.56. The molecule has 0 saturated carbocycles. The van der Waals surface area contributed by atoms with Crippen LogP contribution in [0.25, 0.3) is 0 Å². The summed E-state index contributed by atoms with van der Waals surface area (Å²) in [6.45, 7) is 5.11. The van der Waals surface area contributed by atoms with Gasteiger partial charge in [0.05, 0.1) is 10.6 Å². The Labute approximate surface area is 119 Å². The topological polar surface area (TPSA) is 98.3 Å². The first-order chi connectivity index (χ1) is 8.60. The summed E-state index contributed by atoms with van der Waals surface area (Å²) in [7, 11) is 0. The number of hydrogen-bond donors (Lipinski definition) is 2. The standard InChI is InChI=1S/C12H16BrN3O3/c1-7-4-8(13)9(5-10(7)16(18)19)15-11(17)6-12(2,3)14/h4-5H,6,14H2,1-3H3,(H,15,17). The van der Waals surface area contributed by atoms with Gasteiger partial charge < -0.3 is 11.1 Å². The molecule has 104 valence electrons. The molecule has 0 aromatic heterocycles. The molecular formula is C12H16BrN3O3. The van der Waals surface area contributed by atoms with E-state index in [2.05, 4.69) is 21.2 Å². The third-order valence-corrected chi connectivity index (χ3v) is 3.03. The Bertz CT molecular complexity index is 524. The largest absolute Gasteiger partial charge is 0.325 e. The molecule has 0 unspecified atom stereocenters. The number of anilines is 1. The van der Waals surface area contributed by atoms with E-state index >= 15 is 0 Å². The second-order valence-electron chi connectivity index (χ2n) is 5.09. The van der Waals surface area contributed by atoms with Crippen molar-refractivity contribution in [3.8, 4) is 0 Å². The van der Waals surface area contributed by atoms with Crippen LogP contribution in [0.1, 0.15) is 25.8 Å². The zero-order valence-electron chi connectivity index (χ0n) is 11.0. The second-order valence-corrected chi connectivity index (χ2v) is 5.94. The van der Waals surface area contributed by atoms with Gasteiger partial charge in [0, 0.05) is 28.1 Å². The van der Waals surface area contributed by atoms with Crippen LogP contribution in [-0.4, -0.2) is 16.4 Å². The summed E-state index contributed by atoms with van der Waals surface area (Å²) in [4.78, 5) is 22.1. The second kappa shape index (κ2) is 5.66. The zero-order chi connectivity index (χ0) is 14.8. The van der Waals surface area contributed by atoms with E-state index in [9.17, 15) is 14.9 Å². The van der Waals surface area contributed by atoms with Crippen molar-refractivity contribution in [3.05, 3.63) is 32.3 Å². The molecule has 19 heavy (non-hydrogen) atoms. The quantitative estimate of drug-likeness (QED) is 0.655. The van der Waals surface area contributed by atoms with Crippen LogP contribution in [0.4, 0.5) is 11.4 Å². The minimum absolute atomic E-state index is 0.0366. The number of benzene rings is 1. The number of aryl methyl sites for hydroxylation is 1. The summed E-state index contributed by atoms with van der Waals surface area (Å²) < 4.78 is 0.596. The van der Waals surface area contributed by atoms with Crippen molar-refractivity contribution in [1.82, 2.24) is 0 Å². The monoisotopic (exact) mass is 329 g/mol. The first-order valence-electron chi connectivity index (χ1n) is 5.63. The summed E-state index contributed by atoms with van der Waals surface area (Å²) in [6, 6.07) is 2.93. The Morgan fingerprint density at radius 1 is 1.53 bits per heavy atom. The molecule has 0 heterocycles. The maximum Gasteiger partial charge on any atom is 0.274 e. The number of nitrogens with zero attached hydrogens (tertiary/aromatic N) is 1. The molecule has 0 saturated heterocycles. The molecule has 0 aliphatic heterocycles. The number of nitrogens with two attached hydrogens (primary N) is 1. The highest BCUT2D eigenvalue weighted by Gasteiger charge is 2.19. The SMILES string of the molecule is Cc1cc(Br)c(NC(=O)CC(C)(C)N)cc1[N+](=O)[O-]. The molecule has 3 N–H and O–H groups in total. The minimum atomic E-state index is -0.632. The third-order valence-electron chi connectivity index (χ3n) is 2.37. The smallest absolute Gasteiger partial charge is 0.274 e. The van der Waals surface area contributed by atoms with Gasteiger partial charge in [0.15, 0.2) is 0 Å². The highest BCUT2D eigenvalue weighted by Crippen LogP contribution is 2.30. The molecule has 0 aliphatic rings. The van der Waals surface area contributed by atoms with Gasteiger partial charge in [-0.25, -0.2) is 0 Å². The molecule has 1 rings (SSSR count). The predicted octanol–water partition coefficient (Wildman–Crippen LogP) is 2.73. The first kappa shape index (κ1) is 15.6. The van der Waals surface area contributed by atoms with Gasteiger partial charge in [0.2, 0.25) is 5.91 Å². The number of rotatable bonds is 4.